The van der Waals surface area contributed by atoms with Gasteiger partial charge in [-0.05, 0) is 40.5 Å². The van der Waals surface area contributed by atoms with Crippen LogP contribution in [0.2, 0.25) is 0 Å². The summed E-state index contributed by atoms with van der Waals surface area (Å²) >= 11 is 3.50. The Balaban J connectivity index is 0.00000225. The Morgan fingerprint density at radius 3 is 2.56 bits per heavy atom. The van der Waals surface area contributed by atoms with Gasteiger partial charge in [-0.1, -0.05) is 19.9 Å². The van der Waals surface area contributed by atoms with Gasteiger partial charge in [0.15, 0.2) is 0 Å². The molecule has 0 saturated heterocycles. The van der Waals surface area contributed by atoms with Gasteiger partial charge in [-0.25, -0.2) is 0 Å². The molecule has 0 radical (unpaired) electrons. The summed E-state index contributed by atoms with van der Waals surface area (Å²) in [6.45, 7) is 7.86. The summed E-state index contributed by atoms with van der Waals surface area (Å²) in [5.41, 5.74) is 1.26. The van der Waals surface area contributed by atoms with Gasteiger partial charge in [-0.3, -0.25) is 0 Å². The molecule has 0 aliphatic heterocycles. The SMILES string of the molecule is CCOc1ccc(CNC(C)C)cc1Br.Cl. The zero-order valence-corrected chi connectivity index (χ0v) is 12.3. The van der Waals surface area contributed by atoms with Gasteiger partial charge in [0.25, 0.3) is 0 Å². The molecule has 1 aromatic rings. The maximum Gasteiger partial charge on any atom is 0.133 e. The summed E-state index contributed by atoms with van der Waals surface area (Å²) in [5, 5.41) is 3.38. The minimum absolute atomic E-state index is 0. The molecule has 1 N–H and O–H groups in total. The molecule has 0 spiro atoms. The van der Waals surface area contributed by atoms with Crippen molar-refractivity contribution in [2.45, 2.75) is 33.4 Å². The molecule has 0 aromatic heterocycles. The highest BCUT2D eigenvalue weighted by atomic mass is 79.9. The van der Waals surface area contributed by atoms with E-state index in [-0.39, 0.29) is 12.4 Å². The monoisotopic (exact) mass is 307 g/mol. The zero-order chi connectivity index (χ0) is 11.3. The van der Waals surface area contributed by atoms with Crippen molar-refractivity contribution in [1.29, 1.82) is 0 Å². The van der Waals surface area contributed by atoms with Crippen LogP contribution in [-0.4, -0.2) is 12.6 Å². The number of halogens is 2. The van der Waals surface area contributed by atoms with Crippen LogP contribution in [0.5, 0.6) is 5.75 Å². The van der Waals surface area contributed by atoms with E-state index in [1.165, 1.54) is 5.56 Å². The number of rotatable bonds is 5. The van der Waals surface area contributed by atoms with E-state index in [1.54, 1.807) is 0 Å². The van der Waals surface area contributed by atoms with Gasteiger partial charge >= 0.3 is 0 Å². The predicted octanol–water partition coefficient (Wildman–Crippen LogP) is 3.77. The topological polar surface area (TPSA) is 21.3 Å². The Kier molecular flexibility index (Phi) is 7.81. The van der Waals surface area contributed by atoms with Crippen LogP contribution in [0.4, 0.5) is 0 Å². The Morgan fingerprint density at radius 1 is 1.38 bits per heavy atom. The highest BCUT2D eigenvalue weighted by Gasteiger charge is 2.02. The fourth-order valence-corrected chi connectivity index (χ4v) is 1.79. The molecule has 0 amide bonds. The van der Waals surface area contributed by atoms with Crippen molar-refractivity contribution in [3.05, 3.63) is 28.2 Å². The summed E-state index contributed by atoms with van der Waals surface area (Å²) in [6.07, 6.45) is 0. The lowest BCUT2D eigenvalue weighted by atomic mass is 10.2. The Morgan fingerprint density at radius 2 is 2.06 bits per heavy atom. The molecule has 16 heavy (non-hydrogen) atoms. The van der Waals surface area contributed by atoms with E-state index in [9.17, 15) is 0 Å². The number of hydrogen-bond acceptors (Lipinski definition) is 2. The second-order valence-corrected chi connectivity index (χ2v) is 4.59. The Bertz CT molecular complexity index is 318. The minimum atomic E-state index is 0. The number of benzene rings is 1. The smallest absolute Gasteiger partial charge is 0.133 e. The molecular formula is C12H19BrClNO. The summed E-state index contributed by atoms with van der Waals surface area (Å²) in [5.74, 6) is 0.908. The number of ether oxygens (including phenoxy) is 1. The van der Waals surface area contributed by atoms with Crippen molar-refractivity contribution in [3.63, 3.8) is 0 Å². The van der Waals surface area contributed by atoms with E-state index in [0.717, 1.165) is 16.8 Å². The minimum Gasteiger partial charge on any atom is -0.493 e. The number of hydrogen-bond donors (Lipinski definition) is 1. The van der Waals surface area contributed by atoms with Crippen molar-refractivity contribution in [2.75, 3.05) is 6.61 Å². The molecule has 0 bridgehead atoms. The van der Waals surface area contributed by atoms with Crippen LogP contribution in [0.25, 0.3) is 0 Å². The van der Waals surface area contributed by atoms with E-state index >= 15 is 0 Å². The molecule has 0 unspecified atom stereocenters. The van der Waals surface area contributed by atoms with Crippen LogP contribution >= 0.6 is 28.3 Å². The third kappa shape index (κ3) is 5.19. The van der Waals surface area contributed by atoms with Gasteiger partial charge in [-0.2, -0.15) is 0 Å². The van der Waals surface area contributed by atoms with Crippen LogP contribution < -0.4 is 10.1 Å². The van der Waals surface area contributed by atoms with Crippen molar-refractivity contribution < 1.29 is 4.74 Å². The first-order valence-electron chi connectivity index (χ1n) is 5.28. The Hall–Kier alpha value is -0.250. The lowest BCUT2D eigenvalue weighted by Crippen LogP contribution is -2.21. The predicted molar refractivity (Wildman–Crippen MR) is 74.5 cm³/mol. The van der Waals surface area contributed by atoms with E-state index in [0.29, 0.717) is 12.6 Å². The molecule has 0 aliphatic rings. The van der Waals surface area contributed by atoms with E-state index in [1.807, 2.05) is 13.0 Å². The third-order valence-corrected chi connectivity index (χ3v) is 2.63. The average molecular weight is 309 g/mol. The van der Waals surface area contributed by atoms with Crippen molar-refractivity contribution >= 4 is 28.3 Å². The first-order valence-corrected chi connectivity index (χ1v) is 6.07. The summed E-state index contributed by atoms with van der Waals surface area (Å²) in [4.78, 5) is 0. The lowest BCUT2D eigenvalue weighted by molar-refractivity contribution is 0.338. The van der Waals surface area contributed by atoms with Crippen LogP contribution in [0.3, 0.4) is 0 Å². The van der Waals surface area contributed by atoms with E-state index in [4.69, 9.17) is 4.74 Å². The summed E-state index contributed by atoms with van der Waals surface area (Å²) in [7, 11) is 0. The van der Waals surface area contributed by atoms with Crippen LogP contribution in [0.15, 0.2) is 22.7 Å². The maximum absolute atomic E-state index is 5.45. The highest BCUT2D eigenvalue weighted by molar-refractivity contribution is 9.10. The van der Waals surface area contributed by atoms with Crippen molar-refractivity contribution in [1.82, 2.24) is 5.32 Å². The summed E-state index contributed by atoms with van der Waals surface area (Å²) < 4.78 is 6.47. The molecule has 0 fully saturated rings. The van der Waals surface area contributed by atoms with Gasteiger partial charge in [0.05, 0.1) is 11.1 Å². The van der Waals surface area contributed by atoms with E-state index < -0.39 is 0 Å². The quantitative estimate of drug-likeness (QED) is 0.894. The normalized spacial score (nSPS) is 10.1. The molecule has 1 rings (SSSR count). The molecule has 0 heterocycles. The lowest BCUT2D eigenvalue weighted by Gasteiger charge is -2.10. The van der Waals surface area contributed by atoms with Crippen molar-refractivity contribution in [3.8, 4) is 5.75 Å². The fraction of sp³-hybridized carbons (Fsp3) is 0.500. The van der Waals surface area contributed by atoms with Crippen LogP contribution in [0, 0.1) is 0 Å². The molecule has 2 nitrogen and oxygen atoms in total. The number of nitrogens with one attached hydrogen (secondary N) is 1. The largest absolute Gasteiger partial charge is 0.493 e. The molecule has 1 aromatic carbocycles. The van der Waals surface area contributed by atoms with Crippen molar-refractivity contribution in [2.24, 2.45) is 0 Å². The third-order valence-electron chi connectivity index (χ3n) is 2.01. The molecule has 92 valence electrons. The molecule has 0 saturated carbocycles. The molecule has 0 atom stereocenters. The van der Waals surface area contributed by atoms with Crippen LogP contribution in [-0.2, 0) is 6.54 Å². The fourth-order valence-electron chi connectivity index (χ4n) is 1.25. The molecule has 0 aliphatic carbocycles. The second kappa shape index (κ2) is 7.93. The van der Waals surface area contributed by atoms with Gasteiger partial charge in [0, 0.05) is 12.6 Å². The molecular weight excluding hydrogens is 289 g/mol. The second-order valence-electron chi connectivity index (χ2n) is 3.73. The highest BCUT2D eigenvalue weighted by Crippen LogP contribution is 2.25. The maximum atomic E-state index is 5.45. The molecule has 4 heteroatoms. The first kappa shape index (κ1) is 15.8. The van der Waals surface area contributed by atoms with Gasteiger partial charge in [0.1, 0.15) is 5.75 Å². The van der Waals surface area contributed by atoms with Crippen LogP contribution in [0.1, 0.15) is 26.3 Å². The van der Waals surface area contributed by atoms with Gasteiger partial charge in [0.2, 0.25) is 0 Å². The zero-order valence-electron chi connectivity index (χ0n) is 9.92. The Labute approximate surface area is 112 Å². The van der Waals surface area contributed by atoms with Gasteiger partial charge in [-0.15, -0.1) is 12.4 Å². The standard InChI is InChI=1S/C12H18BrNO.ClH/c1-4-15-12-6-5-10(7-11(12)13)8-14-9(2)3;/h5-7,9,14H,4,8H2,1-3H3;1H. The van der Waals surface area contributed by atoms with E-state index in [2.05, 4.69) is 47.2 Å². The first-order chi connectivity index (χ1) is 7.13. The summed E-state index contributed by atoms with van der Waals surface area (Å²) in [6, 6.07) is 6.70. The average Bonchev–Trinajstić information content (AvgIpc) is 2.19. The van der Waals surface area contributed by atoms with Gasteiger partial charge < -0.3 is 10.1 Å².